The number of hydrogen-bond donors (Lipinski definition) is 0. The lowest BCUT2D eigenvalue weighted by Gasteiger charge is -1.97. The van der Waals surface area contributed by atoms with Gasteiger partial charge < -0.3 is 0 Å². The third kappa shape index (κ3) is 2.19. The standard InChI is InChI=1S/C7H3BrCl2O/c8-4-1-2-5(7(10)11)6(9)3-4/h1-3H. The fourth-order valence-corrected chi connectivity index (χ4v) is 1.62. The van der Waals surface area contributed by atoms with Gasteiger partial charge in [0.05, 0.1) is 10.6 Å². The molecule has 0 spiro atoms. The number of rotatable bonds is 1. The first-order chi connectivity index (χ1) is 5.11. The Labute approximate surface area is 82.4 Å². The Balaban J connectivity index is 3.20. The highest BCUT2D eigenvalue weighted by Crippen LogP contribution is 2.22. The van der Waals surface area contributed by atoms with Crippen molar-refractivity contribution in [2.24, 2.45) is 0 Å². The third-order valence-electron chi connectivity index (χ3n) is 1.14. The highest BCUT2D eigenvalue weighted by molar-refractivity contribution is 9.10. The Kier molecular flexibility index (Phi) is 2.93. The molecule has 0 bridgehead atoms. The van der Waals surface area contributed by atoms with Gasteiger partial charge >= 0.3 is 0 Å². The highest BCUT2D eigenvalue weighted by atomic mass is 79.9. The molecule has 0 radical (unpaired) electrons. The van der Waals surface area contributed by atoms with Gasteiger partial charge in [0.2, 0.25) is 0 Å². The van der Waals surface area contributed by atoms with Gasteiger partial charge in [-0.3, -0.25) is 4.79 Å². The summed E-state index contributed by atoms with van der Waals surface area (Å²) in [5, 5.41) is -0.179. The van der Waals surface area contributed by atoms with Crippen molar-refractivity contribution in [2.75, 3.05) is 0 Å². The maximum atomic E-state index is 10.6. The molecular formula is C7H3BrCl2O. The van der Waals surface area contributed by atoms with Crippen LogP contribution in [0.4, 0.5) is 0 Å². The van der Waals surface area contributed by atoms with Gasteiger partial charge in [0, 0.05) is 4.47 Å². The summed E-state index contributed by atoms with van der Waals surface area (Å²) >= 11 is 14.1. The van der Waals surface area contributed by atoms with E-state index < -0.39 is 5.24 Å². The van der Waals surface area contributed by atoms with Gasteiger partial charge in [0.1, 0.15) is 0 Å². The van der Waals surface area contributed by atoms with Crippen LogP contribution in [0.5, 0.6) is 0 Å². The fraction of sp³-hybridized carbons (Fsp3) is 0. The quantitative estimate of drug-likeness (QED) is 0.701. The van der Waals surface area contributed by atoms with Crippen LogP contribution in [0.1, 0.15) is 10.4 Å². The van der Waals surface area contributed by atoms with Crippen LogP contribution in [-0.2, 0) is 0 Å². The summed E-state index contributed by atoms with van der Waals surface area (Å²) in [5.41, 5.74) is 0.330. The molecule has 0 heterocycles. The van der Waals surface area contributed by atoms with Crippen molar-refractivity contribution in [1.82, 2.24) is 0 Å². The number of hydrogen-bond acceptors (Lipinski definition) is 1. The van der Waals surface area contributed by atoms with E-state index in [4.69, 9.17) is 23.2 Å². The minimum atomic E-state index is -0.539. The predicted molar refractivity (Wildman–Crippen MR) is 49.3 cm³/mol. The molecule has 0 atom stereocenters. The van der Waals surface area contributed by atoms with E-state index in [-0.39, 0.29) is 0 Å². The Hall–Kier alpha value is -0.0500. The van der Waals surface area contributed by atoms with Crippen LogP contribution in [0.15, 0.2) is 22.7 Å². The second-order valence-electron chi connectivity index (χ2n) is 1.90. The summed E-state index contributed by atoms with van der Waals surface area (Å²) < 4.78 is 0.823. The fourth-order valence-electron chi connectivity index (χ4n) is 0.649. The molecule has 11 heavy (non-hydrogen) atoms. The van der Waals surface area contributed by atoms with E-state index in [0.717, 1.165) is 4.47 Å². The van der Waals surface area contributed by atoms with E-state index in [2.05, 4.69) is 15.9 Å². The average Bonchev–Trinajstić information content (AvgIpc) is 1.85. The van der Waals surface area contributed by atoms with Crippen LogP contribution < -0.4 is 0 Å². The zero-order valence-corrected chi connectivity index (χ0v) is 8.37. The molecule has 0 aromatic heterocycles. The predicted octanol–water partition coefficient (Wildman–Crippen LogP) is 3.48. The molecule has 0 aliphatic heterocycles. The van der Waals surface area contributed by atoms with E-state index >= 15 is 0 Å². The second-order valence-corrected chi connectivity index (χ2v) is 3.56. The van der Waals surface area contributed by atoms with Crippen molar-refractivity contribution in [1.29, 1.82) is 0 Å². The van der Waals surface area contributed by atoms with E-state index in [9.17, 15) is 4.79 Å². The van der Waals surface area contributed by atoms with Crippen LogP contribution in [0.25, 0.3) is 0 Å². The maximum Gasteiger partial charge on any atom is 0.253 e. The molecule has 1 aromatic carbocycles. The van der Waals surface area contributed by atoms with Gasteiger partial charge in [0.25, 0.3) is 5.24 Å². The molecular weight excluding hydrogens is 251 g/mol. The van der Waals surface area contributed by atoms with E-state index in [1.54, 1.807) is 18.2 Å². The Bertz CT molecular complexity index is 298. The van der Waals surface area contributed by atoms with Crippen molar-refractivity contribution in [3.8, 4) is 0 Å². The molecule has 1 rings (SSSR count). The molecule has 1 nitrogen and oxygen atoms in total. The van der Waals surface area contributed by atoms with Crippen molar-refractivity contribution >= 4 is 44.4 Å². The highest BCUT2D eigenvalue weighted by Gasteiger charge is 2.06. The number of halogens is 3. The lowest BCUT2D eigenvalue weighted by molar-refractivity contribution is 0.108. The molecule has 0 aliphatic carbocycles. The first kappa shape index (κ1) is 9.04. The minimum absolute atomic E-state index is 0.330. The van der Waals surface area contributed by atoms with E-state index in [1.807, 2.05) is 0 Å². The van der Waals surface area contributed by atoms with Crippen LogP contribution in [0, 0.1) is 0 Å². The first-order valence-corrected chi connectivity index (χ1v) is 4.31. The Morgan fingerprint density at radius 1 is 1.45 bits per heavy atom. The van der Waals surface area contributed by atoms with Gasteiger partial charge in [0.15, 0.2) is 0 Å². The normalized spacial score (nSPS) is 9.73. The monoisotopic (exact) mass is 252 g/mol. The van der Waals surface area contributed by atoms with E-state index in [0.29, 0.717) is 10.6 Å². The van der Waals surface area contributed by atoms with Crippen LogP contribution in [0.2, 0.25) is 5.02 Å². The molecule has 0 amide bonds. The third-order valence-corrected chi connectivity index (χ3v) is 2.15. The number of benzene rings is 1. The van der Waals surface area contributed by atoms with Crippen molar-refractivity contribution in [3.63, 3.8) is 0 Å². The van der Waals surface area contributed by atoms with Gasteiger partial charge in [-0.25, -0.2) is 0 Å². The average molecular weight is 254 g/mol. The zero-order chi connectivity index (χ0) is 8.43. The van der Waals surface area contributed by atoms with Gasteiger partial charge in [-0.15, -0.1) is 0 Å². The molecule has 0 fully saturated rings. The summed E-state index contributed by atoms with van der Waals surface area (Å²) in [6.07, 6.45) is 0. The summed E-state index contributed by atoms with van der Waals surface area (Å²) in [4.78, 5) is 10.6. The lowest BCUT2D eigenvalue weighted by atomic mass is 10.2. The van der Waals surface area contributed by atoms with Gasteiger partial charge in [-0.05, 0) is 29.8 Å². The smallest absolute Gasteiger partial charge is 0.253 e. The van der Waals surface area contributed by atoms with E-state index in [1.165, 1.54) is 0 Å². The summed E-state index contributed by atoms with van der Waals surface area (Å²) in [5.74, 6) is 0. The largest absolute Gasteiger partial charge is 0.276 e. The molecule has 1 aromatic rings. The summed E-state index contributed by atoms with van der Waals surface area (Å²) in [6.45, 7) is 0. The van der Waals surface area contributed by atoms with Crippen molar-refractivity contribution in [3.05, 3.63) is 33.3 Å². The maximum absolute atomic E-state index is 10.6. The zero-order valence-electron chi connectivity index (χ0n) is 5.27. The van der Waals surface area contributed by atoms with Crippen LogP contribution in [-0.4, -0.2) is 5.24 Å². The molecule has 4 heteroatoms. The summed E-state index contributed by atoms with van der Waals surface area (Å²) in [6, 6.07) is 4.90. The van der Waals surface area contributed by atoms with Gasteiger partial charge in [-0.2, -0.15) is 0 Å². The number of carbonyl (C=O) groups excluding carboxylic acids is 1. The van der Waals surface area contributed by atoms with Gasteiger partial charge in [-0.1, -0.05) is 27.5 Å². The second kappa shape index (κ2) is 3.57. The van der Waals surface area contributed by atoms with Crippen molar-refractivity contribution in [2.45, 2.75) is 0 Å². The molecule has 0 unspecified atom stereocenters. The molecule has 0 saturated carbocycles. The SMILES string of the molecule is O=C(Cl)c1ccc(Br)cc1Cl. The molecule has 0 saturated heterocycles. The lowest BCUT2D eigenvalue weighted by Crippen LogP contribution is -1.88. The molecule has 0 N–H and O–H groups in total. The topological polar surface area (TPSA) is 17.1 Å². The first-order valence-electron chi connectivity index (χ1n) is 2.76. The summed E-state index contributed by atoms with van der Waals surface area (Å²) in [7, 11) is 0. The van der Waals surface area contributed by atoms with Crippen molar-refractivity contribution < 1.29 is 4.79 Å². The minimum Gasteiger partial charge on any atom is -0.276 e. The molecule has 58 valence electrons. The Morgan fingerprint density at radius 2 is 2.09 bits per heavy atom. The van der Waals surface area contributed by atoms with Crippen LogP contribution >= 0.6 is 39.1 Å². The van der Waals surface area contributed by atoms with Crippen LogP contribution in [0.3, 0.4) is 0 Å². The number of carbonyl (C=O) groups is 1. The Morgan fingerprint density at radius 3 is 2.55 bits per heavy atom. The molecule has 0 aliphatic rings.